The van der Waals surface area contributed by atoms with Crippen LogP contribution < -0.4 is 5.32 Å². The zero-order valence-electron chi connectivity index (χ0n) is 9.84. The number of nitrogens with one attached hydrogen (secondary N) is 1. The Balaban J connectivity index is 4.46. The first-order chi connectivity index (χ1) is 6.96. The minimum Gasteiger partial charge on any atom is -0.481 e. The third-order valence-corrected chi connectivity index (χ3v) is 2.72. The van der Waals surface area contributed by atoms with Gasteiger partial charge in [-0.1, -0.05) is 25.7 Å². The molecule has 0 saturated heterocycles. The summed E-state index contributed by atoms with van der Waals surface area (Å²) in [4.78, 5) is 11.1. The van der Waals surface area contributed by atoms with Gasteiger partial charge in [0.05, 0.1) is 12.0 Å². The van der Waals surface area contributed by atoms with E-state index in [9.17, 15) is 4.79 Å². The molecule has 0 amide bonds. The number of carboxylic acids is 1. The quantitative estimate of drug-likeness (QED) is 0.632. The summed E-state index contributed by atoms with van der Waals surface area (Å²) in [6.45, 7) is 5.98. The number of aliphatic carboxylic acids is 1. The van der Waals surface area contributed by atoms with Gasteiger partial charge in [-0.15, -0.1) is 6.42 Å². The first-order valence-corrected chi connectivity index (χ1v) is 5.37. The van der Waals surface area contributed by atoms with Crippen LogP contribution in [0, 0.1) is 17.8 Å². The molecule has 0 radical (unpaired) electrons. The number of rotatable bonds is 7. The van der Waals surface area contributed by atoms with Crippen molar-refractivity contribution in [1.29, 1.82) is 0 Å². The second kappa shape index (κ2) is 6.47. The lowest BCUT2D eigenvalue weighted by molar-refractivity contribution is -0.148. The van der Waals surface area contributed by atoms with Crippen molar-refractivity contribution in [1.82, 2.24) is 5.32 Å². The summed E-state index contributed by atoms with van der Waals surface area (Å²) >= 11 is 0. The van der Waals surface area contributed by atoms with Gasteiger partial charge < -0.3 is 10.4 Å². The van der Waals surface area contributed by atoms with E-state index in [1.54, 1.807) is 13.8 Å². The highest BCUT2D eigenvalue weighted by molar-refractivity contribution is 5.74. The van der Waals surface area contributed by atoms with Crippen LogP contribution in [0.3, 0.4) is 0 Å². The maximum atomic E-state index is 11.1. The highest BCUT2D eigenvalue weighted by Gasteiger charge is 2.35. The normalized spacial score (nSPS) is 13.2. The van der Waals surface area contributed by atoms with Crippen LogP contribution in [0.15, 0.2) is 0 Å². The zero-order valence-corrected chi connectivity index (χ0v) is 9.84. The Morgan fingerprint density at radius 3 is 2.60 bits per heavy atom. The van der Waals surface area contributed by atoms with Gasteiger partial charge >= 0.3 is 5.97 Å². The number of hydrogen-bond donors (Lipinski definition) is 2. The molecule has 0 spiro atoms. The molecule has 3 nitrogen and oxygen atoms in total. The third kappa shape index (κ3) is 4.35. The van der Waals surface area contributed by atoms with Gasteiger partial charge in [-0.2, -0.15) is 0 Å². The predicted molar refractivity (Wildman–Crippen MR) is 61.6 cm³/mol. The number of unbranched alkanes of at least 4 members (excludes halogenated alkanes) is 1. The number of carboxylic acid groups (broad SMARTS) is 1. The Hall–Kier alpha value is -1.01. The van der Waals surface area contributed by atoms with Crippen LogP contribution in [0.2, 0.25) is 0 Å². The van der Waals surface area contributed by atoms with E-state index in [0.29, 0.717) is 6.54 Å². The van der Waals surface area contributed by atoms with Gasteiger partial charge in [0.1, 0.15) is 0 Å². The monoisotopic (exact) mass is 211 g/mol. The molecule has 0 aliphatic heterocycles. The molecule has 0 aliphatic rings. The van der Waals surface area contributed by atoms with Crippen LogP contribution in [0.5, 0.6) is 0 Å². The summed E-state index contributed by atoms with van der Waals surface area (Å²) in [5.41, 5.74) is -0.772. The summed E-state index contributed by atoms with van der Waals surface area (Å²) < 4.78 is 0. The molecule has 15 heavy (non-hydrogen) atoms. The molecule has 2 N–H and O–H groups in total. The second-order valence-electron chi connectivity index (χ2n) is 4.31. The van der Waals surface area contributed by atoms with E-state index < -0.39 is 11.4 Å². The van der Waals surface area contributed by atoms with Crippen molar-refractivity contribution in [3.8, 4) is 12.3 Å². The highest BCUT2D eigenvalue weighted by atomic mass is 16.4. The third-order valence-electron chi connectivity index (χ3n) is 2.72. The van der Waals surface area contributed by atoms with Crippen LogP contribution in [0.1, 0.15) is 40.0 Å². The van der Waals surface area contributed by atoms with Gasteiger partial charge in [0, 0.05) is 6.04 Å². The molecule has 0 bridgehead atoms. The first kappa shape index (κ1) is 14.0. The van der Waals surface area contributed by atoms with Crippen molar-refractivity contribution in [2.24, 2.45) is 5.41 Å². The van der Waals surface area contributed by atoms with Gasteiger partial charge in [-0.25, -0.2) is 0 Å². The summed E-state index contributed by atoms with van der Waals surface area (Å²) in [5.74, 6) is 1.70. The second-order valence-corrected chi connectivity index (χ2v) is 4.31. The lowest BCUT2D eigenvalue weighted by Gasteiger charge is -2.30. The molecular formula is C12H21NO2. The van der Waals surface area contributed by atoms with Crippen LogP contribution in [0.4, 0.5) is 0 Å². The van der Waals surface area contributed by atoms with E-state index in [1.165, 1.54) is 0 Å². The Bertz CT molecular complexity index is 240. The smallest absolute Gasteiger partial charge is 0.310 e. The van der Waals surface area contributed by atoms with Gasteiger partial charge in [-0.05, 0) is 20.3 Å². The molecule has 1 atom stereocenters. The van der Waals surface area contributed by atoms with Gasteiger partial charge in [-0.3, -0.25) is 4.79 Å². The molecular weight excluding hydrogens is 190 g/mol. The van der Waals surface area contributed by atoms with Crippen molar-refractivity contribution in [3.63, 3.8) is 0 Å². The molecule has 0 saturated carbocycles. The minimum absolute atomic E-state index is 0.0639. The molecule has 0 aromatic carbocycles. The Morgan fingerprint density at radius 1 is 1.60 bits per heavy atom. The number of carbonyl (C=O) groups is 1. The Labute approximate surface area is 92.3 Å². The first-order valence-electron chi connectivity index (χ1n) is 5.37. The van der Waals surface area contributed by atoms with Crippen molar-refractivity contribution in [3.05, 3.63) is 0 Å². The lowest BCUT2D eigenvalue weighted by atomic mass is 9.81. The van der Waals surface area contributed by atoms with Crippen molar-refractivity contribution >= 4 is 5.97 Å². The van der Waals surface area contributed by atoms with Crippen LogP contribution >= 0.6 is 0 Å². The standard InChI is InChI=1S/C12H21NO2/c1-5-7-8-10(13-9-6-2)12(3,4)11(14)15/h2,10,13H,5,7-9H2,1,3-4H3,(H,14,15). The van der Waals surface area contributed by atoms with Crippen molar-refractivity contribution in [2.45, 2.75) is 46.1 Å². The average Bonchev–Trinajstić information content (AvgIpc) is 2.17. The van der Waals surface area contributed by atoms with E-state index in [2.05, 4.69) is 18.2 Å². The maximum absolute atomic E-state index is 11.1. The fourth-order valence-corrected chi connectivity index (χ4v) is 1.46. The van der Waals surface area contributed by atoms with Gasteiger partial charge in [0.2, 0.25) is 0 Å². The van der Waals surface area contributed by atoms with E-state index in [0.717, 1.165) is 19.3 Å². The van der Waals surface area contributed by atoms with Crippen LogP contribution in [-0.2, 0) is 4.79 Å². The number of terminal acetylenes is 1. The average molecular weight is 211 g/mol. The summed E-state index contributed by atoms with van der Waals surface area (Å²) in [7, 11) is 0. The summed E-state index contributed by atoms with van der Waals surface area (Å²) in [5, 5.41) is 12.2. The molecule has 1 unspecified atom stereocenters. The molecule has 0 rings (SSSR count). The van der Waals surface area contributed by atoms with E-state index in [-0.39, 0.29) is 6.04 Å². The summed E-state index contributed by atoms with van der Waals surface area (Å²) in [6.07, 6.45) is 8.08. The fraction of sp³-hybridized carbons (Fsp3) is 0.750. The van der Waals surface area contributed by atoms with Crippen molar-refractivity contribution in [2.75, 3.05) is 6.54 Å². The molecule has 0 aromatic heterocycles. The molecule has 0 fully saturated rings. The number of hydrogen-bond acceptors (Lipinski definition) is 2. The Morgan fingerprint density at radius 2 is 2.20 bits per heavy atom. The van der Waals surface area contributed by atoms with Crippen LogP contribution in [-0.4, -0.2) is 23.7 Å². The topological polar surface area (TPSA) is 49.3 Å². The van der Waals surface area contributed by atoms with E-state index in [1.807, 2.05) is 0 Å². The summed E-state index contributed by atoms with van der Waals surface area (Å²) in [6, 6.07) is -0.0639. The van der Waals surface area contributed by atoms with Crippen molar-refractivity contribution < 1.29 is 9.90 Å². The predicted octanol–water partition coefficient (Wildman–Crippen LogP) is 1.88. The molecule has 0 heterocycles. The van der Waals surface area contributed by atoms with Crippen LogP contribution in [0.25, 0.3) is 0 Å². The maximum Gasteiger partial charge on any atom is 0.310 e. The molecule has 86 valence electrons. The largest absolute Gasteiger partial charge is 0.481 e. The zero-order chi connectivity index (χ0) is 11.9. The molecule has 0 aromatic rings. The molecule has 3 heteroatoms. The van der Waals surface area contributed by atoms with E-state index in [4.69, 9.17) is 11.5 Å². The van der Waals surface area contributed by atoms with Gasteiger partial charge in [0.15, 0.2) is 0 Å². The van der Waals surface area contributed by atoms with Gasteiger partial charge in [0.25, 0.3) is 0 Å². The SMILES string of the molecule is C#CCNC(CCCC)C(C)(C)C(=O)O. The molecule has 0 aliphatic carbocycles. The Kier molecular flexibility index (Phi) is 6.03. The lowest BCUT2D eigenvalue weighted by Crippen LogP contribution is -2.46. The minimum atomic E-state index is -0.784. The fourth-order valence-electron chi connectivity index (χ4n) is 1.46. The van der Waals surface area contributed by atoms with E-state index >= 15 is 0 Å². The highest BCUT2D eigenvalue weighted by Crippen LogP contribution is 2.24.